The second-order valence-electron chi connectivity index (χ2n) is 7.52. The van der Waals surface area contributed by atoms with Gasteiger partial charge in [-0.2, -0.15) is 10.5 Å². The topological polar surface area (TPSA) is 83.1 Å². The van der Waals surface area contributed by atoms with Crippen molar-refractivity contribution in [2.75, 3.05) is 6.61 Å². The number of carbonyl (C=O) groups is 1. The molecular weight excluding hydrogens is 388 g/mol. The fraction of sp³-hybridized carbons (Fsp3) is 0.423. The highest BCUT2D eigenvalue weighted by atomic mass is 16.5. The summed E-state index contributed by atoms with van der Waals surface area (Å²) in [5, 5.41) is 18.9. The summed E-state index contributed by atoms with van der Waals surface area (Å²) in [5.41, 5.74) is 1.90. The Morgan fingerprint density at radius 2 is 1.52 bits per heavy atom. The third-order valence-electron chi connectivity index (χ3n) is 5.03. The summed E-state index contributed by atoms with van der Waals surface area (Å²) in [7, 11) is 0. The van der Waals surface area contributed by atoms with Crippen LogP contribution in [0.25, 0.3) is 0 Å². The van der Waals surface area contributed by atoms with E-state index in [1.54, 1.807) is 24.3 Å². The molecule has 2 aromatic carbocycles. The van der Waals surface area contributed by atoms with E-state index in [0.29, 0.717) is 23.5 Å². The van der Waals surface area contributed by atoms with Gasteiger partial charge in [0.25, 0.3) is 0 Å². The van der Waals surface area contributed by atoms with Crippen LogP contribution < -0.4 is 9.47 Å². The lowest BCUT2D eigenvalue weighted by Gasteiger charge is -2.10. The standard InChI is InChI=1S/C26H30N2O3/c1-3-5-7-8-9-15-30-24-14-12-21(17-23(24)19-28)26(29)31-25-13-11-20(10-6-4-2)16-22(25)18-27/h11-14,16-17H,3-10,15H2,1-2H3. The quantitative estimate of drug-likeness (QED) is 0.228. The largest absolute Gasteiger partial charge is 0.492 e. The smallest absolute Gasteiger partial charge is 0.343 e. The molecule has 5 nitrogen and oxygen atoms in total. The molecule has 0 aliphatic rings. The molecule has 31 heavy (non-hydrogen) atoms. The van der Waals surface area contributed by atoms with Crippen molar-refractivity contribution in [1.82, 2.24) is 0 Å². The highest BCUT2D eigenvalue weighted by Gasteiger charge is 2.15. The van der Waals surface area contributed by atoms with Crippen LogP contribution in [0.5, 0.6) is 11.5 Å². The second kappa shape index (κ2) is 13.1. The average molecular weight is 419 g/mol. The van der Waals surface area contributed by atoms with E-state index in [1.807, 2.05) is 6.07 Å². The van der Waals surface area contributed by atoms with Gasteiger partial charge in [0.1, 0.15) is 23.6 Å². The van der Waals surface area contributed by atoms with Gasteiger partial charge in [-0.3, -0.25) is 0 Å². The molecule has 0 bridgehead atoms. The zero-order chi connectivity index (χ0) is 22.5. The molecule has 2 rings (SSSR count). The van der Waals surface area contributed by atoms with Crippen LogP contribution in [-0.2, 0) is 6.42 Å². The number of rotatable bonds is 12. The number of aryl methyl sites for hydroxylation is 1. The van der Waals surface area contributed by atoms with Gasteiger partial charge < -0.3 is 9.47 Å². The molecule has 0 aliphatic carbocycles. The minimum Gasteiger partial charge on any atom is -0.492 e. The molecule has 0 saturated carbocycles. The lowest BCUT2D eigenvalue weighted by atomic mass is 10.1. The fourth-order valence-electron chi connectivity index (χ4n) is 3.21. The highest BCUT2D eigenvalue weighted by Crippen LogP contribution is 2.24. The Morgan fingerprint density at radius 1 is 0.839 bits per heavy atom. The SMILES string of the molecule is CCCCCCCOc1ccc(C(=O)Oc2ccc(CCCC)cc2C#N)cc1C#N. The van der Waals surface area contributed by atoms with Crippen molar-refractivity contribution in [1.29, 1.82) is 10.5 Å². The first-order valence-corrected chi connectivity index (χ1v) is 11.0. The van der Waals surface area contributed by atoms with E-state index in [1.165, 1.54) is 25.3 Å². The van der Waals surface area contributed by atoms with Crippen molar-refractivity contribution < 1.29 is 14.3 Å². The maximum absolute atomic E-state index is 12.6. The molecule has 0 fully saturated rings. The molecule has 0 heterocycles. The van der Waals surface area contributed by atoms with E-state index in [4.69, 9.17) is 9.47 Å². The number of nitriles is 2. The predicted molar refractivity (Wildman–Crippen MR) is 120 cm³/mol. The van der Waals surface area contributed by atoms with Gasteiger partial charge in [-0.25, -0.2) is 4.79 Å². The monoisotopic (exact) mass is 418 g/mol. The summed E-state index contributed by atoms with van der Waals surface area (Å²) in [6.45, 7) is 4.82. The molecule has 2 aromatic rings. The van der Waals surface area contributed by atoms with Crippen molar-refractivity contribution in [2.45, 2.75) is 65.2 Å². The van der Waals surface area contributed by atoms with Gasteiger partial charge >= 0.3 is 5.97 Å². The molecule has 0 radical (unpaired) electrons. The molecule has 0 amide bonds. The van der Waals surface area contributed by atoms with E-state index in [-0.39, 0.29) is 11.3 Å². The number of ether oxygens (including phenoxy) is 2. The van der Waals surface area contributed by atoms with Crippen molar-refractivity contribution in [3.63, 3.8) is 0 Å². The summed E-state index contributed by atoms with van der Waals surface area (Å²) in [4.78, 5) is 12.6. The van der Waals surface area contributed by atoms with Crippen LogP contribution in [0.15, 0.2) is 36.4 Å². The zero-order valence-electron chi connectivity index (χ0n) is 18.4. The van der Waals surface area contributed by atoms with Gasteiger partial charge in [0.05, 0.1) is 23.3 Å². The Bertz CT molecular complexity index is 954. The first kappa shape index (κ1) is 24.0. The number of esters is 1. The van der Waals surface area contributed by atoms with E-state index in [2.05, 4.69) is 26.0 Å². The number of unbranched alkanes of at least 4 members (excludes halogenated alkanes) is 5. The van der Waals surface area contributed by atoms with Gasteiger partial charge in [-0.05, 0) is 55.2 Å². The normalized spacial score (nSPS) is 10.2. The minimum atomic E-state index is -0.611. The van der Waals surface area contributed by atoms with Crippen molar-refractivity contribution in [3.05, 3.63) is 58.7 Å². The number of benzene rings is 2. The number of hydrogen-bond acceptors (Lipinski definition) is 5. The Morgan fingerprint density at radius 3 is 2.23 bits per heavy atom. The summed E-state index contributed by atoms with van der Waals surface area (Å²) < 4.78 is 11.2. The van der Waals surface area contributed by atoms with Crippen molar-refractivity contribution in [3.8, 4) is 23.6 Å². The Hall–Kier alpha value is -3.31. The third kappa shape index (κ3) is 7.46. The van der Waals surface area contributed by atoms with Crippen molar-refractivity contribution in [2.24, 2.45) is 0 Å². The highest BCUT2D eigenvalue weighted by molar-refractivity contribution is 5.92. The summed E-state index contributed by atoms with van der Waals surface area (Å²) in [6.07, 6.45) is 8.60. The van der Waals surface area contributed by atoms with Gasteiger partial charge in [0.15, 0.2) is 0 Å². The van der Waals surface area contributed by atoms with Gasteiger partial charge in [-0.15, -0.1) is 0 Å². The lowest BCUT2D eigenvalue weighted by Crippen LogP contribution is -2.10. The second-order valence-corrected chi connectivity index (χ2v) is 7.52. The Labute approximate surface area is 185 Å². The number of nitrogens with zero attached hydrogens (tertiary/aromatic N) is 2. The molecule has 0 aromatic heterocycles. The minimum absolute atomic E-state index is 0.221. The lowest BCUT2D eigenvalue weighted by molar-refractivity contribution is 0.0734. The van der Waals surface area contributed by atoms with Crippen LogP contribution in [0.2, 0.25) is 0 Å². The van der Waals surface area contributed by atoms with E-state index >= 15 is 0 Å². The molecular formula is C26H30N2O3. The van der Waals surface area contributed by atoms with Crippen molar-refractivity contribution >= 4 is 5.97 Å². The van der Waals surface area contributed by atoms with Gasteiger partial charge in [0, 0.05) is 0 Å². The van der Waals surface area contributed by atoms with Crippen LogP contribution in [-0.4, -0.2) is 12.6 Å². The Kier molecular flexibility index (Phi) is 10.1. The van der Waals surface area contributed by atoms with Crippen LogP contribution in [0, 0.1) is 22.7 Å². The maximum atomic E-state index is 12.6. The fourth-order valence-corrected chi connectivity index (χ4v) is 3.21. The van der Waals surface area contributed by atoms with Crippen LogP contribution in [0.1, 0.15) is 85.8 Å². The average Bonchev–Trinajstić information content (AvgIpc) is 2.80. The first-order valence-electron chi connectivity index (χ1n) is 11.0. The first-order chi connectivity index (χ1) is 15.1. The van der Waals surface area contributed by atoms with E-state index in [0.717, 1.165) is 37.7 Å². The summed E-state index contributed by atoms with van der Waals surface area (Å²) in [6, 6.07) is 14.1. The molecule has 162 valence electrons. The molecule has 0 unspecified atom stereocenters. The number of carbonyl (C=O) groups excluding carboxylic acids is 1. The Balaban J connectivity index is 2.04. The molecule has 0 N–H and O–H groups in total. The molecule has 0 spiro atoms. The molecule has 5 heteroatoms. The molecule has 0 atom stereocenters. The van der Waals surface area contributed by atoms with Gasteiger partial charge in [-0.1, -0.05) is 52.0 Å². The summed E-state index contributed by atoms with van der Waals surface area (Å²) >= 11 is 0. The predicted octanol–water partition coefficient (Wildman–Crippen LogP) is 6.34. The number of hydrogen-bond donors (Lipinski definition) is 0. The third-order valence-corrected chi connectivity index (χ3v) is 5.03. The zero-order valence-corrected chi connectivity index (χ0v) is 18.4. The van der Waals surface area contributed by atoms with E-state index in [9.17, 15) is 15.3 Å². The van der Waals surface area contributed by atoms with Crippen LogP contribution in [0.3, 0.4) is 0 Å². The maximum Gasteiger partial charge on any atom is 0.343 e. The van der Waals surface area contributed by atoms with Gasteiger partial charge in [0.2, 0.25) is 0 Å². The van der Waals surface area contributed by atoms with Crippen LogP contribution >= 0.6 is 0 Å². The van der Waals surface area contributed by atoms with Crippen LogP contribution in [0.4, 0.5) is 0 Å². The summed E-state index contributed by atoms with van der Waals surface area (Å²) in [5.74, 6) is 0.0756. The molecule has 0 aliphatic heterocycles. The molecule has 0 saturated heterocycles. The van der Waals surface area contributed by atoms with E-state index < -0.39 is 5.97 Å².